The molecule has 0 saturated carbocycles. The normalized spacial score (nSPS) is 19.5. The molecular formula is C19H24N4O5. The minimum Gasteiger partial charge on any atom is -0.493 e. The minimum atomic E-state index is -0.519. The Kier molecular flexibility index (Phi) is 5.61. The lowest BCUT2D eigenvalue weighted by Crippen LogP contribution is -2.31. The number of benzene rings is 1. The summed E-state index contributed by atoms with van der Waals surface area (Å²) >= 11 is 0. The first-order chi connectivity index (χ1) is 13.7. The average Bonchev–Trinajstić information content (AvgIpc) is 3.16. The Labute approximate surface area is 162 Å². The van der Waals surface area contributed by atoms with Gasteiger partial charge in [-0.1, -0.05) is 0 Å². The maximum absolute atomic E-state index is 10.8. The molecule has 1 aromatic carbocycles. The van der Waals surface area contributed by atoms with Gasteiger partial charge < -0.3 is 29.6 Å². The molecule has 0 radical (unpaired) electrons. The summed E-state index contributed by atoms with van der Waals surface area (Å²) in [6.07, 6.45) is 4.23. The van der Waals surface area contributed by atoms with Gasteiger partial charge in [0, 0.05) is 17.9 Å². The number of nitrogens with zero attached hydrogens (tertiary/aromatic N) is 3. The number of nitro groups is 1. The van der Waals surface area contributed by atoms with E-state index >= 15 is 0 Å². The van der Waals surface area contributed by atoms with Crippen molar-refractivity contribution >= 4 is 5.82 Å². The van der Waals surface area contributed by atoms with E-state index in [2.05, 4.69) is 10.3 Å². The van der Waals surface area contributed by atoms with Gasteiger partial charge in [0.05, 0.1) is 6.61 Å². The van der Waals surface area contributed by atoms with E-state index < -0.39 is 4.92 Å². The second-order valence-corrected chi connectivity index (χ2v) is 7.15. The molecule has 0 spiro atoms. The molecule has 3 heterocycles. The Hall–Kier alpha value is -2.81. The van der Waals surface area contributed by atoms with Crippen LogP contribution in [0.15, 0.2) is 30.5 Å². The van der Waals surface area contributed by atoms with Crippen molar-refractivity contribution in [3.8, 4) is 17.5 Å². The Morgan fingerprint density at radius 1 is 1.14 bits per heavy atom. The molecule has 2 aliphatic rings. The zero-order chi connectivity index (χ0) is 19.3. The van der Waals surface area contributed by atoms with Gasteiger partial charge in [-0.2, -0.15) is 0 Å². The smallest absolute Gasteiger partial charge is 0.414 e. The number of piperidine rings is 1. The van der Waals surface area contributed by atoms with Crippen molar-refractivity contribution in [2.45, 2.75) is 31.9 Å². The number of hydrogen-bond donors (Lipinski definition) is 1. The second-order valence-electron chi connectivity index (χ2n) is 7.15. The fourth-order valence-electron chi connectivity index (χ4n) is 3.42. The predicted molar refractivity (Wildman–Crippen MR) is 101 cm³/mol. The fraction of sp³-hybridized carbons (Fsp3) is 0.526. The fourth-order valence-corrected chi connectivity index (χ4v) is 3.42. The molecular weight excluding hydrogens is 364 g/mol. The summed E-state index contributed by atoms with van der Waals surface area (Å²) in [4.78, 5) is 14.2. The van der Waals surface area contributed by atoms with Gasteiger partial charge in [0.2, 0.25) is 0 Å². The van der Waals surface area contributed by atoms with E-state index in [4.69, 9.17) is 14.2 Å². The summed E-state index contributed by atoms with van der Waals surface area (Å²) in [7, 11) is 0. The molecule has 1 N–H and O–H groups in total. The van der Waals surface area contributed by atoms with Crippen molar-refractivity contribution < 1.29 is 19.1 Å². The molecule has 1 atom stereocenters. The third-order valence-corrected chi connectivity index (χ3v) is 5.08. The highest BCUT2D eigenvalue weighted by Crippen LogP contribution is 2.25. The summed E-state index contributed by atoms with van der Waals surface area (Å²) in [5, 5.41) is 14.2. The van der Waals surface area contributed by atoms with Crippen molar-refractivity contribution in [2.24, 2.45) is 5.92 Å². The van der Waals surface area contributed by atoms with Crippen molar-refractivity contribution in [1.82, 2.24) is 14.9 Å². The maximum atomic E-state index is 10.8. The van der Waals surface area contributed by atoms with Gasteiger partial charge in [-0.05, 0) is 61.0 Å². The monoisotopic (exact) mass is 388 g/mol. The van der Waals surface area contributed by atoms with E-state index in [1.165, 1.54) is 6.20 Å². The first-order valence-corrected chi connectivity index (χ1v) is 9.62. The van der Waals surface area contributed by atoms with Crippen LogP contribution in [0.25, 0.3) is 0 Å². The first kappa shape index (κ1) is 18.5. The third-order valence-electron chi connectivity index (χ3n) is 5.08. The van der Waals surface area contributed by atoms with Crippen LogP contribution in [0.2, 0.25) is 0 Å². The van der Waals surface area contributed by atoms with Crippen LogP contribution >= 0.6 is 0 Å². The lowest BCUT2D eigenvalue weighted by Gasteiger charge is -2.23. The van der Waals surface area contributed by atoms with Crippen LogP contribution in [0.1, 0.15) is 19.3 Å². The van der Waals surface area contributed by atoms with Crippen LogP contribution in [0, 0.1) is 16.0 Å². The van der Waals surface area contributed by atoms with Crippen LogP contribution in [-0.4, -0.2) is 46.9 Å². The Morgan fingerprint density at radius 2 is 1.82 bits per heavy atom. The number of hydrogen-bond acceptors (Lipinski definition) is 7. The van der Waals surface area contributed by atoms with Crippen molar-refractivity contribution in [2.75, 3.05) is 26.3 Å². The van der Waals surface area contributed by atoms with Crippen LogP contribution < -0.4 is 19.5 Å². The maximum Gasteiger partial charge on any atom is 0.414 e. The average molecular weight is 388 g/mol. The van der Waals surface area contributed by atoms with Crippen molar-refractivity contribution in [1.29, 1.82) is 0 Å². The van der Waals surface area contributed by atoms with Gasteiger partial charge in [0.1, 0.15) is 30.4 Å². The molecule has 1 fully saturated rings. The highest BCUT2D eigenvalue weighted by molar-refractivity contribution is 5.31. The number of nitrogens with one attached hydrogen (secondary N) is 1. The van der Waals surface area contributed by atoms with Crippen LogP contribution in [0.5, 0.6) is 17.5 Å². The molecule has 1 saturated heterocycles. The SMILES string of the molecule is O=[N+]([O-])c1cn2c(n1)O[C@@H](COc1ccc(OCC3CCNCC3)cc1)CC2. The summed E-state index contributed by atoms with van der Waals surface area (Å²) in [6.45, 7) is 3.86. The molecule has 0 bridgehead atoms. The molecule has 28 heavy (non-hydrogen) atoms. The standard InChI is InChI=1S/C19H24N4O5/c24-23(25)18-11-22-10-7-17(28-19(22)21-18)13-27-16-3-1-15(2-4-16)26-12-14-5-8-20-9-6-14/h1-4,11,14,17,20H,5-10,12-13H2/t17-/m1/s1. The molecule has 150 valence electrons. The molecule has 9 nitrogen and oxygen atoms in total. The Bertz CT molecular complexity index is 801. The number of fused-ring (bicyclic) bond motifs is 1. The predicted octanol–water partition coefficient (Wildman–Crippen LogP) is 2.40. The highest BCUT2D eigenvalue weighted by atomic mass is 16.6. The number of aromatic nitrogens is 2. The van der Waals surface area contributed by atoms with E-state index in [9.17, 15) is 10.1 Å². The third kappa shape index (κ3) is 4.53. The zero-order valence-electron chi connectivity index (χ0n) is 15.6. The summed E-state index contributed by atoms with van der Waals surface area (Å²) in [5.41, 5.74) is 0. The minimum absolute atomic E-state index is 0.189. The van der Waals surface area contributed by atoms with Gasteiger partial charge in [0.15, 0.2) is 0 Å². The molecule has 4 rings (SSSR count). The largest absolute Gasteiger partial charge is 0.493 e. The van der Waals surface area contributed by atoms with Crippen molar-refractivity contribution in [3.05, 3.63) is 40.6 Å². The molecule has 0 unspecified atom stereocenters. The Morgan fingerprint density at radius 3 is 2.50 bits per heavy atom. The summed E-state index contributed by atoms with van der Waals surface area (Å²) in [6, 6.07) is 7.86. The van der Waals surface area contributed by atoms with E-state index in [0.29, 0.717) is 25.5 Å². The van der Waals surface area contributed by atoms with Crippen LogP contribution in [0.3, 0.4) is 0 Å². The molecule has 1 aromatic heterocycles. The second kappa shape index (κ2) is 8.47. The number of ether oxygens (including phenoxy) is 3. The number of aryl methyl sites for hydroxylation is 1. The lowest BCUT2D eigenvalue weighted by molar-refractivity contribution is -0.389. The van der Waals surface area contributed by atoms with Gasteiger partial charge in [0.25, 0.3) is 0 Å². The lowest BCUT2D eigenvalue weighted by atomic mass is 9.99. The Balaban J connectivity index is 1.24. The zero-order valence-corrected chi connectivity index (χ0v) is 15.6. The highest BCUT2D eigenvalue weighted by Gasteiger charge is 2.28. The van der Waals surface area contributed by atoms with Crippen LogP contribution in [-0.2, 0) is 6.54 Å². The van der Waals surface area contributed by atoms with Crippen molar-refractivity contribution in [3.63, 3.8) is 0 Å². The molecule has 0 aliphatic carbocycles. The number of imidazole rings is 1. The van der Waals surface area contributed by atoms with Crippen LogP contribution in [0.4, 0.5) is 5.82 Å². The first-order valence-electron chi connectivity index (χ1n) is 9.62. The molecule has 9 heteroatoms. The van der Waals surface area contributed by atoms with Gasteiger partial charge in [-0.25, -0.2) is 0 Å². The van der Waals surface area contributed by atoms with E-state index in [0.717, 1.165) is 44.0 Å². The summed E-state index contributed by atoms with van der Waals surface area (Å²) < 4.78 is 19.0. The number of rotatable bonds is 7. The van der Waals surface area contributed by atoms with Gasteiger partial charge >= 0.3 is 11.8 Å². The molecule has 2 aromatic rings. The topological polar surface area (TPSA) is 101 Å². The van der Waals surface area contributed by atoms with E-state index in [-0.39, 0.29) is 17.9 Å². The van der Waals surface area contributed by atoms with E-state index in [1.54, 1.807) is 4.57 Å². The van der Waals surface area contributed by atoms with Gasteiger partial charge in [-0.3, -0.25) is 4.57 Å². The van der Waals surface area contributed by atoms with Gasteiger partial charge in [-0.15, -0.1) is 0 Å². The molecule has 2 aliphatic heterocycles. The van der Waals surface area contributed by atoms with E-state index in [1.807, 2.05) is 24.3 Å². The summed E-state index contributed by atoms with van der Waals surface area (Å²) in [5.74, 6) is 1.99. The quantitative estimate of drug-likeness (QED) is 0.574. The molecule has 0 amide bonds.